The van der Waals surface area contributed by atoms with Gasteiger partial charge in [0.15, 0.2) is 0 Å². The predicted molar refractivity (Wildman–Crippen MR) is 71.9 cm³/mol. The summed E-state index contributed by atoms with van der Waals surface area (Å²) in [6.45, 7) is 0.291. The number of nitro benzene ring substituents is 1. The van der Waals surface area contributed by atoms with E-state index in [-0.39, 0.29) is 17.9 Å². The highest BCUT2D eigenvalue weighted by Crippen LogP contribution is 2.27. The van der Waals surface area contributed by atoms with Crippen LogP contribution in [0.25, 0.3) is 0 Å². The Labute approximate surface area is 113 Å². The molecule has 0 saturated heterocycles. The van der Waals surface area contributed by atoms with E-state index in [1.54, 1.807) is 12.1 Å². The lowest BCUT2D eigenvalue weighted by Gasteiger charge is -2.06. The number of halogens is 1. The van der Waals surface area contributed by atoms with Crippen LogP contribution >= 0.6 is 15.9 Å². The van der Waals surface area contributed by atoms with E-state index in [1.807, 2.05) is 0 Å². The summed E-state index contributed by atoms with van der Waals surface area (Å²) in [4.78, 5) is 10.3. The number of nitro groups is 1. The van der Waals surface area contributed by atoms with Gasteiger partial charge >= 0.3 is 0 Å². The minimum Gasteiger partial charge on any atom is -0.379 e. The summed E-state index contributed by atoms with van der Waals surface area (Å²) in [7, 11) is -3.49. The Balaban J connectivity index is 2.65. The first-order chi connectivity index (χ1) is 8.29. The fourth-order valence-corrected chi connectivity index (χ4v) is 2.20. The number of anilines is 1. The normalized spacial score (nSPS) is 11.2. The van der Waals surface area contributed by atoms with E-state index < -0.39 is 14.9 Å². The van der Waals surface area contributed by atoms with Crippen LogP contribution in [0, 0.1) is 10.1 Å². The van der Waals surface area contributed by atoms with Crippen LogP contribution < -0.4 is 10.5 Å². The molecule has 0 bridgehead atoms. The lowest BCUT2D eigenvalue weighted by Crippen LogP contribution is -2.18. The molecule has 0 heterocycles. The highest BCUT2D eigenvalue weighted by Gasteiger charge is 2.13. The van der Waals surface area contributed by atoms with Gasteiger partial charge in [0.1, 0.15) is 5.69 Å². The van der Waals surface area contributed by atoms with Crippen LogP contribution in [-0.2, 0) is 10.0 Å². The maximum atomic E-state index is 10.8. The van der Waals surface area contributed by atoms with Crippen molar-refractivity contribution in [2.45, 2.75) is 6.42 Å². The molecule has 9 heteroatoms. The first kappa shape index (κ1) is 14.9. The Morgan fingerprint density at radius 2 is 2.11 bits per heavy atom. The zero-order valence-electron chi connectivity index (χ0n) is 9.30. The molecule has 1 rings (SSSR count). The third-order valence-electron chi connectivity index (χ3n) is 2.08. The van der Waals surface area contributed by atoms with Crippen molar-refractivity contribution in [1.82, 2.24) is 0 Å². The second-order valence-electron chi connectivity index (χ2n) is 3.57. The number of hydrogen-bond acceptors (Lipinski definition) is 5. The summed E-state index contributed by atoms with van der Waals surface area (Å²) in [5.74, 6) is -0.162. The van der Waals surface area contributed by atoms with Crippen molar-refractivity contribution in [2.75, 3.05) is 17.6 Å². The van der Waals surface area contributed by atoms with Gasteiger partial charge in [0, 0.05) is 17.1 Å². The minimum absolute atomic E-state index is 0.0695. The topological polar surface area (TPSA) is 115 Å². The zero-order chi connectivity index (χ0) is 13.8. The van der Waals surface area contributed by atoms with Crippen molar-refractivity contribution in [1.29, 1.82) is 0 Å². The van der Waals surface area contributed by atoms with E-state index in [1.165, 1.54) is 6.07 Å². The zero-order valence-corrected chi connectivity index (χ0v) is 11.7. The number of rotatable bonds is 6. The monoisotopic (exact) mass is 337 g/mol. The Morgan fingerprint density at radius 3 is 2.67 bits per heavy atom. The highest BCUT2D eigenvalue weighted by molar-refractivity contribution is 9.10. The second-order valence-corrected chi connectivity index (χ2v) is 6.22. The van der Waals surface area contributed by atoms with E-state index in [0.29, 0.717) is 16.7 Å². The smallest absolute Gasteiger partial charge is 0.293 e. The molecule has 0 saturated carbocycles. The van der Waals surface area contributed by atoms with Gasteiger partial charge in [0.2, 0.25) is 10.0 Å². The van der Waals surface area contributed by atoms with Crippen molar-refractivity contribution in [3.8, 4) is 0 Å². The Kier molecular flexibility index (Phi) is 5.05. The van der Waals surface area contributed by atoms with Gasteiger partial charge in [-0.25, -0.2) is 13.6 Å². The molecule has 18 heavy (non-hydrogen) atoms. The summed E-state index contributed by atoms with van der Waals surface area (Å²) in [6.07, 6.45) is 0.284. The van der Waals surface area contributed by atoms with Crippen LogP contribution in [0.3, 0.4) is 0 Å². The minimum atomic E-state index is -3.49. The summed E-state index contributed by atoms with van der Waals surface area (Å²) < 4.78 is 22.0. The van der Waals surface area contributed by atoms with Crippen molar-refractivity contribution < 1.29 is 13.3 Å². The molecule has 3 N–H and O–H groups in total. The van der Waals surface area contributed by atoms with Gasteiger partial charge in [-0.15, -0.1) is 0 Å². The third kappa shape index (κ3) is 4.98. The van der Waals surface area contributed by atoms with Gasteiger partial charge in [-0.05, 0) is 18.6 Å². The third-order valence-corrected chi connectivity index (χ3v) is 3.43. The summed E-state index contributed by atoms with van der Waals surface area (Å²) in [5, 5.41) is 18.4. The summed E-state index contributed by atoms with van der Waals surface area (Å²) in [6, 6.07) is 4.59. The average molecular weight is 338 g/mol. The molecule has 0 amide bonds. The van der Waals surface area contributed by atoms with Gasteiger partial charge in [0.05, 0.1) is 10.7 Å². The number of primary sulfonamides is 1. The molecule has 0 spiro atoms. The van der Waals surface area contributed by atoms with Crippen LogP contribution in [0.1, 0.15) is 6.42 Å². The molecule has 1 aromatic rings. The fourth-order valence-electron chi connectivity index (χ4n) is 1.30. The molecule has 0 aliphatic rings. The molecular weight excluding hydrogens is 326 g/mol. The summed E-state index contributed by atoms with van der Waals surface area (Å²) in [5.41, 5.74) is 0.276. The number of hydrogen-bond donors (Lipinski definition) is 2. The van der Waals surface area contributed by atoms with E-state index in [4.69, 9.17) is 5.14 Å². The number of sulfonamides is 1. The van der Waals surface area contributed by atoms with Gasteiger partial charge in [-0.3, -0.25) is 10.1 Å². The molecule has 0 radical (unpaired) electrons. The fraction of sp³-hybridized carbons (Fsp3) is 0.333. The highest BCUT2D eigenvalue weighted by atomic mass is 79.9. The number of nitrogens with zero attached hydrogens (tertiary/aromatic N) is 1. The van der Waals surface area contributed by atoms with Crippen LogP contribution in [0.2, 0.25) is 0 Å². The van der Waals surface area contributed by atoms with Gasteiger partial charge < -0.3 is 5.32 Å². The number of nitrogens with two attached hydrogens (primary N) is 1. The van der Waals surface area contributed by atoms with Crippen LogP contribution in [0.15, 0.2) is 22.7 Å². The van der Waals surface area contributed by atoms with E-state index in [0.717, 1.165) is 0 Å². The molecule has 0 unspecified atom stereocenters. The van der Waals surface area contributed by atoms with Crippen molar-refractivity contribution in [2.24, 2.45) is 5.14 Å². The number of nitrogens with one attached hydrogen (secondary N) is 1. The van der Waals surface area contributed by atoms with Crippen molar-refractivity contribution >= 4 is 37.3 Å². The Hall–Kier alpha value is -1.19. The van der Waals surface area contributed by atoms with Gasteiger partial charge in [0.25, 0.3) is 5.69 Å². The van der Waals surface area contributed by atoms with E-state index >= 15 is 0 Å². The predicted octanol–water partition coefficient (Wildman–Crippen LogP) is 1.45. The van der Waals surface area contributed by atoms with Crippen LogP contribution in [-0.4, -0.2) is 25.6 Å². The van der Waals surface area contributed by atoms with E-state index in [9.17, 15) is 18.5 Å². The molecule has 7 nitrogen and oxygen atoms in total. The largest absolute Gasteiger partial charge is 0.379 e. The second kappa shape index (κ2) is 6.12. The van der Waals surface area contributed by atoms with Crippen LogP contribution in [0.4, 0.5) is 11.4 Å². The maximum absolute atomic E-state index is 10.8. The Morgan fingerprint density at radius 1 is 1.44 bits per heavy atom. The molecule has 0 aliphatic heterocycles. The van der Waals surface area contributed by atoms with E-state index in [2.05, 4.69) is 21.2 Å². The molecule has 0 fully saturated rings. The SMILES string of the molecule is NS(=O)(=O)CCCNc1ccc(Br)cc1[N+](=O)[O-]. The van der Waals surface area contributed by atoms with Gasteiger partial charge in [-0.2, -0.15) is 0 Å². The first-order valence-corrected chi connectivity index (χ1v) is 7.49. The molecule has 1 aromatic carbocycles. The summed E-state index contributed by atoms with van der Waals surface area (Å²) >= 11 is 3.14. The lowest BCUT2D eigenvalue weighted by atomic mass is 10.2. The standard InChI is InChI=1S/C9H12BrN3O4S/c10-7-2-3-8(9(6-7)13(14)15)12-4-1-5-18(11,16)17/h2-3,6,12H,1,4-5H2,(H2,11,16,17). The first-order valence-electron chi connectivity index (χ1n) is 4.98. The van der Waals surface area contributed by atoms with Gasteiger partial charge in [-0.1, -0.05) is 15.9 Å². The Bertz CT molecular complexity index is 547. The average Bonchev–Trinajstić information content (AvgIpc) is 2.24. The molecular formula is C9H12BrN3O4S. The molecule has 0 aromatic heterocycles. The lowest BCUT2D eigenvalue weighted by molar-refractivity contribution is -0.384. The quantitative estimate of drug-likeness (QED) is 0.463. The van der Waals surface area contributed by atoms with Crippen LogP contribution in [0.5, 0.6) is 0 Å². The van der Waals surface area contributed by atoms with Crippen molar-refractivity contribution in [3.05, 3.63) is 32.8 Å². The molecule has 0 atom stereocenters. The molecule has 0 aliphatic carbocycles. The maximum Gasteiger partial charge on any atom is 0.293 e. The molecule has 100 valence electrons. The van der Waals surface area contributed by atoms with Crippen molar-refractivity contribution in [3.63, 3.8) is 0 Å². The number of benzene rings is 1.